The molecule has 0 aliphatic carbocycles. The van der Waals surface area contributed by atoms with Gasteiger partial charge in [0.05, 0.1) is 27.7 Å². The first-order chi connectivity index (χ1) is 10.5. The molecule has 0 aliphatic rings. The van der Waals surface area contributed by atoms with Crippen LogP contribution in [0.25, 0.3) is 16.5 Å². The fourth-order valence-corrected chi connectivity index (χ4v) is 2.81. The first-order valence-corrected chi connectivity index (χ1v) is 7.19. The van der Waals surface area contributed by atoms with Crippen LogP contribution in [0.3, 0.4) is 0 Å². The second-order valence-electron chi connectivity index (χ2n) is 4.45. The Labute approximate surface area is 137 Å². The number of carbonyl (C=O) groups excluding carboxylic acids is 1. The summed E-state index contributed by atoms with van der Waals surface area (Å²) in [4.78, 5) is 12.3. The molecule has 0 spiro atoms. The monoisotopic (exact) mass is 337 g/mol. The van der Waals surface area contributed by atoms with E-state index in [9.17, 15) is 10.1 Å². The highest BCUT2D eigenvalue weighted by atomic mass is 35.5. The van der Waals surface area contributed by atoms with Crippen molar-refractivity contribution in [2.45, 2.75) is 6.92 Å². The van der Waals surface area contributed by atoms with E-state index in [1.165, 1.54) is 0 Å². The van der Waals surface area contributed by atoms with Gasteiger partial charge in [0.2, 0.25) is 0 Å². The number of nitrogens with two attached hydrogens (primary N) is 1. The maximum absolute atomic E-state index is 12.3. The molecule has 7 heteroatoms. The number of nitriles is 1. The minimum atomic E-state index is -0.557. The van der Waals surface area contributed by atoms with Crippen LogP contribution in [0.4, 0.5) is 0 Å². The Morgan fingerprint density at radius 2 is 2.18 bits per heavy atom. The van der Waals surface area contributed by atoms with Crippen molar-refractivity contribution < 1.29 is 9.53 Å². The summed E-state index contributed by atoms with van der Waals surface area (Å²) >= 11 is 12.3. The number of esters is 1. The highest BCUT2D eigenvalue weighted by Gasteiger charge is 2.26. The second-order valence-corrected chi connectivity index (χ2v) is 5.24. The summed E-state index contributed by atoms with van der Waals surface area (Å²) in [6.07, 6.45) is 1.15. The van der Waals surface area contributed by atoms with E-state index in [1.807, 2.05) is 6.07 Å². The van der Waals surface area contributed by atoms with Crippen LogP contribution in [0, 0.1) is 11.3 Å². The average molecular weight is 338 g/mol. The number of rotatable bonds is 3. The summed E-state index contributed by atoms with van der Waals surface area (Å²) < 4.78 is 6.64. The van der Waals surface area contributed by atoms with Gasteiger partial charge in [0.15, 0.2) is 0 Å². The number of allylic oxidation sites excluding steroid dienone is 1. The Bertz CT molecular complexity index is 832. The lowest BCUT2D eigenvalue weighted by atomic mass is 10.0. The lowest BCUT2D eigenvalue weighted by Crippen LogP contribution is -2.12. The van der Waals surface area contributed by atoms with Gasteiger partial charge in [0.25, 0.3) is 0 Å². The maximum atomic E-state index is 12.3. The van der Waals surface area contributed by atoms with Crippen molar-refractivity contribution in [1.82, 2.24) is 4.57 Å². The van der Waals surface area contributed by atoms with Crippen molar-refractivity contribution >= 4 is 45.6 Å². The number of hydrogen-bond donors (Lipinski definition) is 1. The molecule has 1 aromatic carbocycles. The molecule has 0 radical (unpaired) electrons. The molecule has 22 heavy (non-hydrogen) atoms. The van der Waals surface area contributed by atoms with E-state index in [4.69, 9.17) is 33.7 Å². The van der Waals surface area contributed by atoms with Gasteiger partial charge >= 0.3 is 5.97 Å². The molecule has 1 heterocycles. The van der Waals surface area contributed by atoms with Crippen LogP contribution in [-0.2, 0) is 11.8 Å². The van der Waals surface area contributed by atoms with Crippen LogP contribution >= 0.6 is 23.2 Å². The largest absolute Gasteiger partial charge is 0.461 e. The molecule has 1 aromatic heterocycles. The molecule has 0 unspecified atom stereocenters. The summed E-state index contributed by atoms with van der Waals surface area (Å²) in [7, 11) is 1.66. The predicted octanol–water partition coefficient (Wildman–Crippen LogP) is 3.48. The third-order valence-electron chi connectivity index (χ3n) is 3.27. The number of ether oxygens (including phenoxy) is 1. The van der Waals surface area contributed by atoms with Crippen molar-refractivity contribution in [3.05, 3.63) is 39.6 Å². The van der Waals surface area contributed by atoms with E-state index in [1.54, 1.807) is 30.7 Å². The van der Waals surface area contributed by atoms with E-state index >= 15 is 0 Å². The number of aryl methyl sites for hydroxylation is 1. The summed E-state index contributed by atoms with van der Waals surface area (Å²) in [6.45, 7) is 1.91. The van der Waals surface area contributed by atoms with Gasteiger partial charge in [-0.2, -0.15) is 5.26 Å². The molecule has 0 fully saturated rings. The summed E-state index contributed by atoms with van der Waals surface area (Å²) in [5, 5.41) is 10.6. The molecule has 2 aromatic rings. The normalized spacial score (nSPS) is 11.5. The lowest BCUT2D eigenvalue weighted by Gasteiger charge is -2.06. The Kier molecular flexibility index (Phi) is 4.65. The molecule has 0 saturated heterocycles. The molecule has 0 amide bonds. The van der Waals surface area contributed by atoms with Gasteiger partial charge in [0, 0.05) is 24.2 Å². The number of fused-ring (bicyclic) bond motifs is 1. The van der Waals surface area contributed by atoms with Crippen LogP contribution in [0.2, 0.25) is 10.0 Å². The van der Waals surface area contributed by atoms with Gasteiger partial charge in [-0.05, 0) is 13.0 Å². The van der Waals surface area contributed by atoms with Crippen LogP contribution in [0.1, 0.15) is 23.0 Å². The second kappa shape index (κ2) is 6.30. The van der Waals surface area contributed by atoms with Crippen molar-refractivity contribution in [3.8, 4) is 6.07 Å². The quantitative estimate of drug-likeness (QED) is 0.686. The zero-order valence-corrected chi connectivity index (χ0v) is 13.5. The third kappa shape index (κ3) is 2.41. The van der Waals surface area contributed by atoms with Crippen molar-refractivity contribution in [2.24, 2.45) is 12.8 Å². The highest BCUT2D eigenvalue weighted by molar-refractivity contribution is 6.45. The highest BCUT2D eigenvalue weighted by Crippen LogP contribution is 2.38. The average Bonchev–Trinajstić information content (AvgIpc) is 2.78. The molecule has 2 rings (SSSR count). The Morgan fingerprint density at radius 3 is 2.73 bits per heavy atom. The fourth-order valence-electron chi connectivity index (χ4n) is 2.36. The first-order valence-electron chi connectivity index (χ1n) is 6.43. The summed E-state index contributed by atoms with van der Waals surface area (Å²) in [6, 6.07) is 5.29. The Hall–Kier alpha value is -2.16. The molecular formula is C15H13Cl2N3O2. The number of benzene rings is 1. The van der Waals surface area contributed by atoms with Crippen LogP contribution in [0.15, 0.2) is 18.3 Å². The smallest absolute Gasteiger partial charge is 0.355 e. The maximum Gasteiger partial charge on any atom is 0.355 e. The van der Waals surface area contributed by atoms with E-state index in [0.717, 1.165) is 6.20 Å². The van der Waals surface area contributed by atoms with Gasteiger partial charge in [-0.25, -0.2) is 4.79 Å². The summed E-state index contributed by atoms with van der Waals surface area (Å²) in [5.74, 6) is -0.557. The van der Waals surface area contributed by atoms with E-state index < -0.39 is 5.97 Å². The molecule has 0 atom stereocenters. The van der Waals surface area contributed by atoms with Crippen molar-refractivity contribution in [3.63, 3.8) is 0 Å². The Balaban J connectivity index is 2.96. The topological polar surface area (TPSA) is 81.0 Å². The predicted molar refractivity (Wildman–Crippen MR) is 86.7 cm³/mol. The van der Waals surface area contributed by atoms with E-state index in [-0.39, 0.29) is 17.9 Å². The molecule has 0 bridgehead atoms. The van der Waals surface area contributed by atoms with Gasteiger partial charge in [-0.1, -0.05) is 29.3 Å². The Morgan fingerprint density at radius 1 is 1.50 bits per heavy atom. The molecule has 0 aliphatic heterocycles. The molecule has 5 nitrogen and oxygen atoms in total. The minimum absolute atomic E-state index is 0.159. The van der Waals surface area contributed by atoms with Gasteiger partial charge in [-0.3, -0.25) is 0 Å². The SMILES string of the molecule is CCOC(=O)c1c(/C(C#N)=C/N)c2ccc(Cl)c(Cl)c2n1C. The van der Waals surface area contributed by atoms with Gasteiger partial charge < -0.3 is 15.0 Å². The standard InChI is InChI=1S/C15H13Cl2N3O2/c1-3-22-15(21)14-11(8(6-18)7-19)9-4-5-10(16)12(17)13(9)20(14)2/h4-6H,3,18H2,1-2H3/b8-6+. The van der Waals surface area contributed by atoms with Gasteiger partial charge in [-0.15, -0.1) is 0 Å². The van der Waals surface area contributed by atoms with Crippen molar-refractivity contribution in [1.29, 1.82) is 5.26 Å². The third-order valence-corrected chi connectivity index (χ3v) is 4.07. The van der Waals surface area contributed by atoms with Crippen LogP contribution in [0.5, 0.6) is 0 Å². The summed E-state index contributed by atoms with van der Waals surface area (Å²) in [5.41, 5.74) is 6.82. The number of nitrogens with zero attached hydrogens (tertiary/aromatic N) is 2. The fraction of sp³-hybridized carbons (Fsp3) is 0.200. The zero-order chi connectivity index (χ0) is 16.4. The zero-order valence-electron chi connectivity index (χ0n) is 12.0. The number of halogens is 2. The van der Waals surface area contributed by atoms with E-state index in [2.05, 4.69) is 0 Å². The molecule has 0 saturated carbocycles. The first kappa shape index (κ1) is 16.2. The lowest BCUT2D eigenvalue weighted by molar-refractivity contribution is 0.0515. The van der Waals surface area contributed by atoms with Crippen LogP contribution in [-0.4, -0.2) is 17.1 Å². The van der Waals surface area contributed by atoms with Crippen LogP contribution < -0.4 is 5.73 Å². The van der Waals surface area contributed by atoms with E-state index in [0.29, 0.717) is 26.5 Å². The number of hydrogen-bond acceptors (Lipinski definition) is 4. The molecule has 114 valence electrons. The molecule has 2 N–H and O–H groups in total. The number of carbonyl (C=O) groups is 1. The number of aromatic nitrogens is 1. The van der Waals surface area contributed by atoms with Gasteiger partial charge in [0.1, 0.15) is 11.8 Å². The minimum Gasteiger partial charge on any atom is -0.461 e. The molecular weight excluding hydrogens is 325 g/mol. The van der Waals surface area contributed by atoms with Crippen molar-refractivity contribution in [2.75, 3.05) is 6.61 Å².